The minimum absolute atomic E-state index is 0.739. The molecule has 0 aliphatic heterocycles. The average Bonchev–Trinajstić information content (AvgIpc) is 3.24. The van der Waals surface area contributed by atoms with Crippen LogP contribution in [0.25, 0.3) is 0 Å². The Kier molecular flexibility index (Phi) is 53.2. The molecule has 0 saturated heterocycles. The fourth-order valence-electron chi connectivity index (χ4n) is 9.99. The van der Waals surface area contributed by atoms with E-state index in [0.29, 0.717) is 0 Å². The first-order valence-corrected chi connectivity index (χ1v) is 31.8. The van der Waals surface area contributed by atoms with Crippen molar-refractivity contribution < 1.29 is 0 Å². The summed E-state index contributed by atoms with van der Waals surface area (Å²) in [5.74, 6) is 0. The molecule has 356 valence electrons. The van der Waals surface area contributed by atoms with E-state index in [0.717, 1.165) is 0 Å². The molecule has 0 radical (unpaired) electrons. The summed E-state index contributed by atoms with van der Waals surface area (Å²) < 4.78 is 0. The summed E-state index contributed by atoms with van der Waals surface area (Å²) in [5, 5.41) is 0. The van der Waals surface area contributed by atoms with Gasteiger partial charge in [0.25, 0.3) is 0 Å². The van der Waals surface area contributed by atoms with Crippen LogP contribution in [0.15, 0.2) is 0 Å². The van der Waals surface area contributed by atoms with Gasteiger partial charge in [-0.3, -0.25) is 0 Å². The van der Waals surface area contributed by atoms with Crippen LogP contribution in [0.1, 0.15) is 348 Å². The third-order valence-corrected chi connectivity index (χ3v) is 18.6. The van der Waals surface area contributed by atoms with Crippen molar-refractivity contribution in [3.8, 4) is 0 Å². The lowest BCUT2D eigenvalue weighted by molar-refractivity contribution is 0.528. The average molecular weight is 849 g/mol. The van der Waals surface area contributed by atoms with Crippen molar-refractivity contribution in [3.63, 3.8) is 0 Å². The highest BCUT2D eigenvalue weighted by atomic mass is 31.2. The van der Waals surface area contributed by atoms with Gasteiger partial charge in [0.1, 0.15) is 0 Å². The lowest BCUT2D eigenvalue weighted by Crippen LogP contribution is -2.08. The Bertz CT molecular complexity index is 621. The second-order valence-corrected chi connectivity index (χ2v) is 25.3. The normalized spacial score (nSPS) is 12.0. The molecule has 0 rings (SSSR count). The van der Waals surface area contributed by atoms with E-state index in [4.69, 9.17) is 0 Å². The van der Waals surface area contributed by atoms with Crippen LogP contribution in [0.5, 0.6) is 0 Å². The first kappa shape index (κ1) is 59.4. The zero-order chi connectivity index (χ0) is 42.7. The highest BCUT2D eigenvalue weighted by Crippen LogP contribution is 2.57. The van der Waals surface area contributed by atoms with Gasteiger partial charge in [0.15, 0.2) is 0 Å². The highest BCUT2D eigenvalue weighted by molar-refractivity contribution is 7.75. The van der Waals surface area contributed by atoms with Gasteiger partial charge in [0.2, 0.25) is 0 Å². The first-order chi connectivity index (χ1) is 29.2. The van der Waals surface area contributed by atoms with Crippen molar-refractivity contribution in [1.29, 1.82) is 0 Å². The van der Waals surface area contributed by atoms with Gasteiger partial charge >= 0.3 is 0 Å². The molecule has 0 saturated carbocycles. The second-order valence-electron chi connectivity index (χ2n) is 20.8. The summed E-state index contributed by atoms with van der Waals surface area (Å²) in [5.41, 5.74) is 0. The van der Waals surface area contributed by atoms with E-state index >= 15 is 0 Å². The van der Waals surface area contributed by atoms with Crippen molar-refractivity contribution in [3.05, 3.63) is 0 Å². The Balaban J connectivity index is 4.08. The summed E-state index contributed by atoms with van der Waals surface area (Å²) in [6, 6.07) is 0. The van der Waals surface area contributed by atoms with Crippen LogP contribution in [-0.4, -0.2) is 25.2 Å². The maximum absolute atomic E-state index is 2.82. The minimum atomic E-state index is -0.739. The lowest BCUT2D eigenvalue weighted by atomic mass is 10.0. The van der Waals surface area contributed by atoms with E-state index in [9.17, 15) is 0 Å². The summed E-state index contributed by atoms with van der Waals surface area (Å²) >= 11 is 0. The van der Waals surface area contributed by atoms with E-state index in [1.807, 2.05) is 0 Å². The molecule has 0 aliphatic rings. The van der Waals surface area contributed by atoms with E-state index in [-0.39, 0.29) is 0 Å². The summed E-state index contributed by atoms with van der Waals surface area (Å²) in [6.07, 6.45) is 80.8. The largest absolute Gasteiger partial charge is 0.0654 e. The monoisotopic (exact) mass is 848 g/mol. The summed E-state index contributed by atoms with van der Waals surface area (Å²) in [4.78, 5) is 0. The molecule has 0 heterocycles. The van der Waals surface area contributed by atoms with Crippen molar-refractivity contribution in [2.75, 3.05) is 25.2 Å². The molecule has 1 heteroatoms. The molecule has 0 aromatic carbocycles. The van der Waals surface area contributed by atoms with Crippen molar-refractivity contribution in [1.82, 2.24) is 0 Å². The Morgan fingerprint density at radius 3 is 0.373 bits per heavy atom. The molecule has 0 aromatic rings. The Morgan fingerprint density at radius 1 is 0.153 bits per heavy atom. The van der Waals surface area contributed by atoms with Crippen LogP contribution in [0.2, 0.25) is 0 Å². The predicted octanol–water partition coefficient (Wildman–Crippen LogP) is 22.6. The van der Waals surface area contributed by atoms with Crippen LogP contribution >= 0.6 is 7.26 Å². The van der Waals surface area contributed by atoms with Gasteiger partial charge in [0, 0.05) is 13.9 Å². The van der Waals surface area contributed by atoms with Gasteiger partial charge in [-0.05, 0) is 38.5 Å². The van der Waals surface area contributed by atoms with Crippen molar-refractivity contribution in [2.24, 2.45) is 0 Å². The Labute approximate surface area is 379 Å². The summed E-state index contributed by atoms with van der Waals surface area (Å²) in [6.45, 7) is 9.79. The quantitative estimate of drug-likeness (QED) is 0.0423. The fourth-order valence-corrected chi connectivity index (χ4v) is 13.6. The molecule has 0 unspecified atom stereocenters. The smallest absolute Gasteiger partial charge is 0.0591 e. The molecular formula is C58H120P+. The molecule has 0 fully saturated rings. The maximum Gasteiger partial charge on any atom is 0.0591 e. The molecule has 0 amide bonds. The summed E-state index contributed by atoms with van der Waals surface area (Å²) in [7, 11) is -0.739. The molecular weight excluding hydrogens is 728 g/mol. The number of hydrogen-bond acceptors (Lipinski definition) is 0. The van der Waals surface area contributed by atoms with E-state index in [1.54, 1.807) is 37.7 Å². The maximum atomic E-state index is 2.82. The molecule has 0 atom stereocenters. The van der Waals surface area contributed by atoms with Crippen LogP contribution in [0, 0.1) is 0 Å². The number of rotatable bonds is 54. The molecule has 0 aromatic heterocycles. The molecule has 0 nitrogen and oxygen atoms in total. The van der Waals surface area contributed by atoms with Crippen LogP contribution in [0.3, 0.4) is 0 Å². The third kappa shape index (κ3) is 51.0. The number of hydrogen-bond donors (Lipinski definition) is 0. The minimum Gasteiger partial charge on any atom is -0.0654 e. The van der Waals surface area contributed by atoms with Gasteiger partial charge in [0.05, 0.1) is 18.5 Å². The first-order valence-electron chi connectivity index (χ1n) is 29.0. The molecule has 0 N–H and O–H groups in total. The topological polar surface area (TPSA) is 0 Å². The predicted molar refractivity (Wildman–Crippen MR) is 280 cm³/mol. The lowest BCUT2D eigenvalue weighted by Gasteiger charge is -2.24. The fraction of sp³-hybridized carbons (Fsp3) is 1.00. The van der Waals surface area contributed by atoms with Gasteiger partial charge in [-0.25, -0.2) is 0 Å². The van der Waals surface area contributed by atoms with E-state index in [1.165, 1.54) is 308 Å². The van der Waals surface area contributed by atoms with Gasteiger partial charge < -0.3 is 0 Å². The second kappa shape index (κ2) is 52.8. The molecule has 0 spiro atoms. The molecule has 59 heavy (non-hydrogen) atoms. The Hall–Kier alpha value is 0.430. The molecule has 0 bridgehead atoms. The Morgan fingerprint density at radius 2 is 0.254 bits per heavy atom. The van der Waals surface area contributed by atoms with Crippen LogP contribution in [0.4, 0.5) is 0 Å². The third-order valence-electron chi connectivity index (χ3n) is 14.4. The SMILES string of the molecule is CCCCCCCCCCCCCCCCCCC[P+](C)(CCCCCCCCCCCCCCCCCCC)CCCCCCCCCCCCCCCCCCC. The molecule has 0 aliphatic carbocycles. The van der Waals surface area contributed by atoms with Crippen LogP contribution in [-0.2, 0) is 0 Å². The van der Waals surface area contributed by atoms with Crippen molar-refractivity contribution >= 4 is 7.26 Å². The number of unbranched alkanes of at least 4 members (excludes halogenated alkanes) is 48. The standard InChI is InChI=1S/C58H120P/c1-5-8-11-14-17-20-23-26-29-32-35-38-41-44-47-50-53-56-59(4,57-54-51-48-45-42-39-36-33-30-27-24-21-18-15-12-9-6-2)58-55-52-49-46-43-40-37-34-31-28-25-22-19-16-13-10-7-3/h5-58H2,1-4H3/q+1. The van der Waals surface area contributed by atoms with E-state index < -0.39 is 7.26 Å². The van der Waals surface area contributed by atoms with Crippen molar-refractivity contribution in [2.45, 2.75) is 348 Å². The van der Waals surface area contributed by atoms with E-state index in [2.05, 4.69) is 27.4 Å². The zero-order valence-electron chi connectivity index (χ0n) is 42.6. The van der Waals surface area contributed by atoms with Gasteiger partial charge in [-0.2, -0.15) is 0 Å². The van der Waals surface area contributed by atoms with Gasteiger partial charge in [-0.15, -0.1) is 0 Å². The van der Waals surface area contributed by atoms with Crippen LogP contribution < -0.4 is 0 Å². The highest BCUT2D eigenvalue weighted by Gasteiger charge is 2.29. The zero-order valence-corrected chi connectivity index (χ0v) is 43.5. The van der Waals surface area contributed by atoms with Gasteiger partial charge in [-0.1, -0.05) is 310 Å².